The van der Waals surface area contributed by atoms with Gasteiger partial charge in [-0.25, -0.2) is 0 Å². The molecule has 2 atom stereocenters. The Kier molecular flexibility index (Phi) is 4.73. The Morgan fingerprint density at radius 1 is 1.27 bits per heavy atom. The van der Waals surface area contributed by atoms with Crippen molar-refractivity contribution in [2.45, 2.75) is 51.3 Å². The van der Waals surface area contributed by atoms with Gasteiger partial charge < -0.3 is 15.0 Å². The van der Waals surface area contributed by atoms with Gasteiger partial charge in [-0.1, -0.05) is 15.9 Å². The van der Waals surface area contributed by atoms with Crippen molar-refractivity contribution < 1.29 is 9.53 Å². The first-order valence-electron chi connectivity index (χ1n) is 8.05. The van der Waals surface area contributed by atoms with Gasteiger partial charge in [0, 0.05) is 28.7 Å². The Bertz CT molecular complexity index is 548. The lowest BCUT2D eigenvalue weighted by atomic mass is 10.1. The number of nitrogens with one attached hydrogen (secondary N) is 1. The van der Waals surface area contributed by atoms with Gasteiger partial charge in [-0.2, -0.15) is 0 Å². The van der Waals surface area contributed by atoms with Gasteiger partial charge >= 0.3 is 0 Å². The molecule has 1 N–H and O–H groups in total. The Hall–Kier alpha value is -1.07. The zero-order valence-corrected chi connectivity index (χ0v) is 14.7. The van der Waals surface area contributed by atoms with E-state index in [4.69, 9.17) is 4.74 Å². The Balaban J connectivity index is 1.86. The van der Waals surface area contributed by atoms with E-state index in [1.807, 2.05) is 32.0 Å². The van der Waals surface area contributed by atoms with E-state index in [0.29, 0.717) is 17.6 Å². The molecule has 0 aromatic heterocycles. The van der Waals surface area contributed by atoms with Crippen molar-refractivity contribution in [1.82, 2.24) is 10.2 Å². The van der Waals surface area contributed by atoms with Crippen molar-refractivity contribution in [3.8, 4) is 5.75 Å². The fourth-order valence-corrected chi connectivity index (χ4v) is 3.96. The molecule has 1 aromatic carbocycles. The molecule has 2 heterocycles. The number of fused-ring (bicyclic) bond motifs is 2. The molecule has 1 amide bonds. The monoisotopic (exact) mass is 366 g/mol. The largest absolute Gasteiger partial charge is 0.491 e. The van der Waals surface area contributed by atoms with Gasteiger partial charge in [-0.05, 0) is 57.9 Å². The summed E-state index contributed by atoms with van der Waals surface area (Å²) < 4.78 is 6.64. The molecule has 0 aliphatic carbocycles. The van der Waals surface area contributed by atoms with Crippen molar-refractivity contribution in [3.05, 3.63) is 28.2 Å². The highest BCUT2D eigenvalue weighted by molar-refractivity contribution is 9.10. The van der Waals surface area contributed by atoms with Crippen LogP contribution in [0.25, 0.3) is 0 Å². The highest BCUT2D eigenvalue weighted by atomic mass is 79.9. The van der Waals surface area contributed by atoms with Gasteiger partial charge in [0.2, 0.25) is 0 Å². The molecule has 1 aromatic rings. The third kappa shape index (κ3) is 3.30. The molecule has 3 rings (SSSR count). The molecule has 120 valence electrons. The third-order valence-corrected chi connectivity index (χ3v) is 4.84. The van der Waals surface area contributed by atoms with Gasteiger partial charge in [0.05, 0.1) is 6.10 Å². The smallest absolute Gasteiger partial charge is 0.254 e. The maximum absolute atomic E-state index is 13.0. The molecule has 22 heavy (non-hydrogen) atoms. The highest BCUT2D eigenvalue weighted by Gasteiger charge is 2.38. The zero-order chi connectivity index (χ0) is 15.7. The SMILES string of the molecule is CC(C)Oc1cc(Br)cc(C(=O)N2C3CCNCC2CC3)c1. The molecule has 2 saturated heterocycles. The second-order valence-corrected chi connectivity index (χ2v) is 7.35. The van der Waals surface area contributed by atoms with Crippen molar-refractivity contribution in [2.75, 3.05) is 13.1 Å². The van der Waals surface area contributed by atoms with E-state index >= 15 is 0 Å². The predicted octanol–water partition coefficient (Wildman–Crippen LogP) is 3.20. The van der Waals surface area contributed by atoms with E-state index in [1.165, 1.54) is 0 Å². The first-order valence-corrected chi connectivity index (χ1v) is 8.84. The van der Waals surface area contributed by atoms with Crippen LogP contribution in [0.2, 0.25) is 0 Å². The van der Waals surface area contributed by atoms with E-state index in [2.05, 4.69) is 26.1 Å². The maximum atomic E-state index is 13.0. The molecular weight excluding hydrogens is 344 g/mol. The summed E-state index contributed by atoms with van der Waals surface area (Å²) in [4.78, 5) is 15.1. The number of carbonyl (C=O) groups excluding carboxylic acids is 1. The summed E-state index contributed by atoms with van der Waals surface area (Å²) in [5, 5.41) is 3.44. The fraction of sp³-hybridized carbons (Fsp3) is 0.588. The molecular formula is C17H23BrN2O2. The lowest BCUT2D eigenvalue weighted by Crippen LogP contribution is -2.42. The predicted molar refractivity (Wildman–Crippen MR) is 90.4 cm³/mol. The Labute approximate surface area is 140 Å². The second kappa shape index (κ2) is 6.59. The van der Waals surface area contributed by atoms with Crippen LogP contribution in [0, 0.1) is 0 Å². The molecule has 5 heteroatoms. The molecule has 2 bridgehead atoms. The van der Waals surface area contributed by atoms with E-state index < -0.39 is 0 Å². The third-order valence-electron chi connectivity index (χ3n) is 4.38. The molecule has 2 unspecified atom stereocenters. The summed E-state index contributed by atoms with van der Waals surface area (Å²) in [6.45, 7) is 5.89. The Morgan fingerprint density at radius 2 is 2.05 bits per heavy atom. The van der Waals surface area contributed by atoms with Gasteiger partial charge in [-0.15, -0.1) is 0 Å². The average Bonchev–Trinajstić information content (AvgIpc) is 2.69. The van der Waals surface area contributed by atoms with Gasteiger partial charge in [0.1, 0.15) is 5.75 Å². The number of rotatable bonds is 3. The van der Waals surface area contributed by atoms with Crippen LogP contribution in [0.3, 0.4) is 0 Å². The number of carbonyl (C=O) groups is 1. The quantitative estimate of drug-likeness (QED) is 0.892. The molecule has 2 aliphatic rings. The lowest BCUT2D eigenvalue weighted by Gasteiger charge is -2.28. The van der Waals surface area contributed by atoms with Gasteiger partial charge in [0.25, 0.3) is 5.91 Å². The summed E-state index contributed by atoms with van der Waals surface area (Å²) in [5.74, 6) is 0.874. The number of halogens is 1. The number of amides is 1. The Morgan fingerprint density at radius 3 is 2.82 bits per heavy atom. The number of hydrogen-bond acceptors (Lipinski definition) is 3. The first kappa shape index (κ1) is 15.8. The molecule has 0 radical (unpaired) electrons. The summed E-state index contributed by atoms with van der Waals surface area (Å²) >= 11 is 3.49. The molecule has 2 aliphatic heterocycles. The number of benzene rings is 1. The summed E-state index contributed by atoms with van der Waals surface area (Å²) in [6.07, 6.45) is 3.37. The maximum Gasteiger partial charge on any atom is 0.254 e. The van der Waals surface area contributed by atoms with Crippen molar-refractivity contribution in [2.24, 2.45) is 0 Å². The van der Waals surface area contributed by atoms with Gasteiger partial charge in [0.15, 0.2) is 0 Å². The van der Waals surface area contributed by atoms with Crippen LogP contribution in [0.4, 0.5) is 0 Å². The average molecular weight is 367 g/mol. The normalized spacial score (nSPS) is 24.5. The topological polar surface area (TPSA) is 41.6 Å². The molecule has 4 nitrogen and oxygen atoms in total. The van der Waals surface area contributed by atoms with Crippen LogP contribution in [0.1, 0.15) is 43.5 Å². The van der Waals surface area contributed by atoms with Crippen LogP contribution in [0.15, 0.2) is 22.7 Å². The van der Waals surface area contributed by atoms with Crippen LogP contribution in [0.5, 0.6) is 5.75 Å². The van der Waals surface area contributed by atoms with Gasteiger partial charge in [-0.3, -0.25) is 4.79 Å². The van der Waals surface area contributed by atoms with Crippen LogP contribution in [-0.4, -0.2) is 42.1 Å². The van der Waals surface area contributed by atoms with E-state index in [0.717, 1.165) is 42.6 Å². The van der Waals surface area contributed by atoms with E-state index in [9.17, 15) is 4.79 Å². The summed E-state index contributed by atoms with van der Waals surface area (Å²) in [5.41, 5.74) is 0.712. The molecule has 2 fully saturated rings. The number of hydrogen-bond donors (Lipinski definition) is 1. The fourth-order valence-electron chi connectivity index (χ4n) is 3.49. The minimum absolute atomic E-state index is 0.0934. The summed E-state index contributed by atoms with van der Waals surface area (Å²) in [7, 11) is 0. The number of nitrogens with zero attached hydrogens (tertiary/aromatic N) is 1. The number of ether oxygens (including phenoxy) is 1. The van der Waals surface area contributed by atoms with Crippen LogP contribution in [-0.2, 0) is 0 Å². The van der Waals surface area contributed by atoms with E-state index in [-0.39, 0.29) is 12.0 Å². The molecule has 0 saturated carbocycles. The molecule has 0 spiro atoms. The van der Waals surface area contributed by atoms with E-state index in [1.54, 1.807) is 0 Å². The van der Waals surface area contributed by atoms with Crippen LogP contribution < -0.4 is 10.1 Å². The summed E-state index contributed by atoms with van der Waals surface area (Å²) in [6, 6.07) is 6.38. The first-order chi connectivity index (χ1) is 10.5. The van der Waals surface area contributed by atoms with Crippen molar-refractivity contribution in [3.63, 3.8) is 0 Å². The minimum atomic E-state index is 0.0934. The zero-order valence-electron chi connectivity index (χ0n) is 13.1. The standard InChI is InChI=1S/C17H23BrN2O2/c1-11(2)22-16-8-12(7-13(18)9-16)17(21)20-14-3-4-15(20)10-19-6-5-14/h7-9,11,14-15,19H,3-6,10H2,1-2H3. The highest BCUT2D eigenvalue weighted by Crippen LogP contribution is 2.31. The van der Waals surface area contributed by atoms with Crippen LogP contribution >= 0.6 is 15.9 Å². The lowest BCUT2D eigenvalue weighted by molar-refractivity contribution is 0.0679. The van der Waals surface area contributed by atoms with Crippen molar-refractivity contribution >= 4 is 21.8 Å². The van der Waals surface area contributed by atoms with Crippen molar-refractivity contribution in [1.29, 1.82) is 0 Å². The minimum Gasteiger partial charge on any atom is -0.491 e. The second-order valence-electron chi connectivity index (χ2n) is 6.43.